The number of amides is 1. The second-order valence-corrected chi connectivity index (χ2v) is 7.98. The number of hydrogen-bond acceptors (Lipinski definition) is 5. The van der Waals surface area contributed by atoms with Gasteiger partial charge in [-0.1, -0.05) is 12.5 Å². The number of hydrogen-bond donors (Lipinski definition) is 1. The third-order valence-corrected chi connectivity index (χ3v) is 6.48. The molecule has 1 aromatic heterocycles. The fourth-order valence-corrected chi connectivity index (χ4v) is 4.87. The zero-order valence-corrected chi connectivity index (χ0v) is 15.1. The molecular formula is C19H25N3O4. The first-order valence-corrected chi connectivity index (χ1v) is 9.18. The lowest BCUT2D eigenvalue weighted by Crippen LogP contribution is -2.51. The summed E-state index contributed by atoms with van der Waals surface area (Å²) in [6.07, 6.45) is 4.42. The summed E-state index contributed by atoms with van der Waals surface area (Å²) in [5, 5.41) is 10.0. The fraction of sp³-hybridized carbons (Fsp3) is 0.632. The Hall–Kier alpha value is -2.15. The highest BCUT2D eigenvalue weighted by atomic mass is 16.5. The molecule has 1 aliphatic carbocycles. The Morgan fingerprint density at radius 2 is 2.12 bits per heavy atom. The predicted molar refractivity (Wildman–Crippen MR) is 94.7 cm³/mol. The molecule has 2 atom stereocenters. The molecule has 4 rings (SSSR count). The number of carbonyl (C=O) groups excluding carboxylic acids is 1. The van der Waals surface area contributed by atoms with Crippen LogP contribution in [0.15, 0.2) is 24.4 Å². The van der Waals surface area contributed by atoms with Crippen molar-refractivity contribution in [2.24, 2.45) is 16.7 Å². The van der Waals surface area contributed by atoms with Crippen molar-refractivity contribution in [1.29, 1.82) is 0 Å². The van der Waals surface area contributed by atoms with Crippen molar-refractivity contribution in [3.05, 3.63) is 24.4 Å². The second kappa shape index (κ2) is 6.23. The zero-order chi connectivity index (χ0) is 18.4. The van der Waals surface area contributed by atoms with Gasteiger partial charge in [0.05, 0.1) is 12.0 Å². The van der Waals surface area contributed by atoms with Gasteiger partial charge in [-0.25, -0.2) is 4.98 Å². The van der Waals surface area contributed by atoms with Crippen LogP contribution < -0.4 is 4.90 Å². The number of anilines is 1. The lowest BCUT2D eigenvalue weighted by molar-refractivity contribution is -0.153. The van der Waals surface area contributed by atoms with Crippen LogP contribution in [0.5, 0.6) is 0 Å². The van der Waals surface area contributed by atoms with Gasteiger partial charge in [0.2, 0.25) is 5.91 Å². The van der Waals surface area contributed by atoms with E-state index >= 15 is 0 Å². The first-order chi connectivity index (χ1) is 12.5. The van der Waals surface area contributed by atoms with Gasteiger partial charge in [-0.05, 0) is 25.0 Å². The Balaban J connectivity index is 1.54. The lowest BCUT2D eigenvalue weighted by atomic mass is 9.68. The highest BCUT2D eigenvalue weighted by Crippen LogP contribution is 2.48. The number of carbonyl (C=O) groups is 2. The van der Waals surface area contributed by atoms with E-state index in [1.807, 2.05) is 23.1 Å². The van der Waals surface area contributed by atoms with Crippen LogP contribution in [0.4, 0.5) is 5.82 Å². The number of ether oxygens (including phenoxy) is 1. The number of carboxylic acids is 1. The van der Waals surface area contributed by atoms with Gasteiger partial charge in [0.1, 0.15) is 11.2 Å². The van der Waals surface area contributed by atoms with Crippen LogP contribution in [0.25, 0.3) is 0 Å². The molecule has 7 nitrogen and oxygen atoms in total. The molecule has 0 radical (unpaired) electrons. The minimum absolute atomic E-state index is 0.0741. The van der Waals surface area contributed by atoms with E-state index in [1.54, 1.807) is 18.2 Å². The largest absolute Gasteiger partial charge is 0.481 e. The van der Waals surface area contributed by atoms with Gasteiger partial charge in [-0.15, -0.1) is 0 Å². The van der Waals surface area contributed by atoms with Crippen LogP contribution in [0.1, 0.15) is 19.3 Å². The predicted octanol–water partition coefficient (Wildman–Crippen LogP) is 1.25. The molecule has 140 valence electrons. The van der Waals surface area contributed by atoms with Gasteiger partial charge in [0.25, 0.3) is 0 Å². The average Bonchev–Trinajstić information content (AvgIpc) is 3.14. The molecule has 0 bridgehead atoms. The van der Waals surface area contributed by atoms with Crippen molar-refractivity contribution in [2.45, 2.75) is 19.3 Å². The van der Waals surface area contributed by atoms with E-state index in [4.69, 9.17) is 4.74 Å². The molecule has 0 aromatic carbocycles. The molecule has 1 N–H and O–H groups in total. The molecule has 1 amide bonds. The number of aliphatic carboxylic acids is 1. The maximum atomic E-state index is 13.1. The maximum Gasteiger partial charge on any atom is 0.313 e. The molecule has 0 spiro atoms. The summed E-state index contributed by atoms with van der Waals surface area (Å²) in [7, 11) is 1.62. The van der Waals surface area contributed by atoms with E-state index in [0.717, 1.165) is 25.1 Å². The van der Waals surface area contributed by atoms with E-state index in [-0.39, 0.29) is 18.4 Å². The Morgan fingerprint density at radius 3 is 2.65 bits per heavy atom. The number of carboxylic acid groups (broad SMARTS) is 1. The summed E-state index contributed by atoms with van der Waals surface area (Å²) in [5.41, 5.74) is -1.35. The number of rotatable bonds is 5. The van der Waals surface area contributed by atoms with Crippen LogP contribution in [0.3, 0.4) is 0 Å². The van der Waals surface area contributed by atoms with Gasteiger partial charge < -0.3 is 19.6 Å². The van der Waals surface area contributed by atoms with Crippen LogP contribution in [-0.2, 0) is 14.3 Å². The van der Waals surface area contributed by atoms with Gasteiger partial charge in [0.15, 0.2) is 0 Å². The summed E-state index contributed by atoms with van der Waals surface area (Å²) in [5.74, 6) is -0.0171. The molecule has 1 saturated carbocycles. The highest BCUT2D eigenvalue weighted by Gasteiger charge is 2.60. The molecule has 0 unspecified atom stereocenters. The molecule has 1 aromatic rings. The van der Waals surface area contributed by atoms with E-state index in [0.29, 0.717) is 26.2 Å². The van der Waals surface area contributed by atoms with Crippen molar-refractivity contribution in [3.63, 3.8) is 0 Å². The first kappa shape index (κ1) is 17.3. The summed E-state index contributed by atoms with van der Waals surface area (Å²) in [6.45, 7) is 2.21. The van der Waals surface area contributed by atoms with E-state index in [1.165, 1.54) is 0 Å². The SMILES string of the molecule is COCC1(C(=O)N2C[C@H]3CN(c4ccccn4)C[C@@]3(C(=O)O)C2)CCC1. The van der Waals surface area contributed by atoms with Gasteiger partial charge in [0, 0.05) is 45.4 Å². The van der Waals surface area contributed by atoms with E-state index in [2.05, 4.69) is 4.98 Å². The quantitative estimate of drug-likeness (QED) is 0.852. The van der Waals surface area contributed by atoms with Crippen LogP contribution in [0.2, 0.25) is 0 Å². The Labute approximate surface area is 152 Å². The van der Waals surface area contributed by atoms with Crippen molar-refractivity contribution in [3.8, 4) is 0 Å². The van der Waals surface area contributed by atoms with Crippen molar-refractivity contribution in [2.75, 3.05) is 44.8 Å². The van der Waals surface area contributed by atoms with Crippen LogP contribution in [-0.4, -0.2) is 66.8 Å². The van der Waals surface area contributed by atoms with E-state index in [9.17, 15) is 14.7 Å². The monoisotopic (exact) mass is 359 g/mol. The first-order valence-electron chi connectivity index (χ1n) is 9.18. The third-order valence-electron chi connectivity index (χ3n) is 6.48. The van der Waals surface area contributed by atoms with Crippen molar-refractivity contribution < 1.29 is 19.4 Å². The molecule has 3 fully saturated rings. The summed E-state index contributed by atoms with van der Waals surface area (Å²) in [6, 6.07) is 5.66. The number of aromatic nitrogens is 1. The number of nitrogens with zero attached hydrogens (tertiary/aromatic N) is 3. The molecule has 3 heterocycles. The number of methoxy groups -OCH3 is 1. The smallest absolute Gasteiger partial charge is 0.313 e. The Morgan fingerprint density at radius 1 is 1.31 bits per heavy atom. The number of likely N-dealkylation sites (tertiary alicyclic amines) is 1. The fourth-order valence-electron chi connectivity index (χ4n) is 4.87. The normalized spacial score (nSPS) is 29.3. The van der Waals surface area contributed by atoms with Crippen molar-refractivity contribution in [1.82, 2.24) is 9.88 Å². The molecule has 2 saturated heterocycles. The minimum Gasteiger partial charge on any atom is -0.481 e. The zero-order valence-electron chi connectivity index (χ0n) is 15.1. The van der Waals surface area contributed by atoms with Gasteiger partial charge in [-0.3, -0.25) is 9.59 Å². The second-order valence-electron chi connectivity index (χ2n) is 7.98. The Kier molecular flexibility index (Phi) is 4.14. The number of fused-ring (bicyclic) bond motifs is 1. The van der Waals surface area contributed by atoms with Crippen LogP contribution in [0, 0.1) is 16.7 Å². The molecule has 2 aliphatic heterocycles. The Bertz CT molecular complexity index is 706. The molecular weight excluding hydrogens is 334 g/mol. The third kappa shape index (κ3) is 2.48. The standard InChI is InChI=1S/C19H25N3O4/c1-26-13-18(6-4-7-18)16(23)22-10-14-9-21(15-5-2-3-8-20-15)11-19(14,12-22)17(24)25/h2-3,5,8,14H,4,6-7,9-13H2,1H3,(H,24,25)/t14-,19-/m1/s1. The lowest BCUT2D eigenvalue weighted by Gasteiger charge is -2.42. The maximum absolute atomic E-state index is 13.1. The number of pyridine rings is 1. The van der Waals surface area contributed by atoms with Crippen molar-refractivity contribution >= 4 is 17.7 Å². The van der Waals surface area contributed by atoms with E-state index < -0.39 is 16.8 Å². The molecule has 26 heavy (non-hydrogen) atoms. The van der Waals surface area contributed by atoms with Gasteiger partial charge >= 0.3 is 5.97 Å². The summed E-state index contributed by atoms with van der Waals surface area (Å²) < 4.78 is 5.29. The van der Waals surface area contributed by atoms with Crippen LogP contribution >= 0.6 is 0 Å². The summed E-state index contributed by atoms with van der Waals surface area (Å²) >= 11 is 0. The molecule has 7 heteroatoms. The van der Waals surface area contributed by atoms with Gasteiger partial charge in [-0.2, -0.15) is 0 Å². The highest BCUT2D eigenvalue weighted by molar-refractivity contribution is 5.86. The topological polar surface area (TPSA) is 83.0 Å². The summed E-state index contributed by atoms with van der Waals surface area (Å²) in [4.78, 5) is 33.5. The minimum atomic E-state index is -0.912. The average molecular weight is 359 g/mol. The molecule has 3 aliphatic rings.